The lowest BCUT2D eigenvalue weighted by atomic mass is 10.0. The first-order valence-corrected chi connectivity index (χ1v) is 12.3. The van der Waals surface area contributed by atoms with E-state index in [0.717, 1.165) is 16.5 Å². The van der Waals surface area contributed by atoms with Crippen molar-refractivity contribution >= 4 is 46.5 Å². The van der Waals surface area contributed by atoms with Crippen LogP contribution >= 0.6 is 0 Å². The van der Waals surface area contributed by atoms with Crippen LogP contribution in [0.2, 0.25) is 0 Å². The Balaban J connectivity index is 2.17. The Morgan fingerprint density at radius 1 is 0.925 bits per heavy atom. The van der Waals surface area contributed by atoms with Gasteiger partial charge in [0.05, 0.1) is 19.1 Å². The van der Waals surface area contributed by atoms with Crippen molar-refractivity contribution in [3.8, 4) is 0 Å². The van der Waals surface area contributed by atoms with Crippen molar-refractivity contribution in [3.63, 3.8) is 0 Å². The Morgan fingerprint density at radius 2 is 1.55 bits per heavy atom. The number of guanidine groups is 1. The monoisotopic (exact) mass is 562 g/mol. The summed E-state index contributed by atoms with van der Waals surface area (Å²) >= 11 is 0. The molecule has 4 atom stereocenters. The maximum absolute atomic E-state index is 13.1. The second-order valence-electron chi connectivity index (χ2n) is 8.92. The topological polar surface area (TPSA) is 288 Å². The van der Waals surface area contributed by atoms with E-state index in [1.165, 1.54) is 0 Å². The summed E-state index contributed by atoms with van der Waals surface area (Å²) in [6.45, 7) is -0.855. The Kier molecular flexibility index (Phi) is 11.8. The number of aromatic nitrogens is 1. The third-order valence-electron chi connectivity index (χ3n) is 5.84. The molecule has 2 aromatic rings. The van der Waals surface area contributed by atoms with E-state index in [2.05, 4.69) is 20.6 Å². The number of aliphatic hydroxyl groups is 1. The summed E-state index contributed by atoms with van der Waals surface area (Å²) in [6, 6.07) is 1.65. The van der Waals surface area contributed by atoms with Gasteiger partial charge in [0.2, 0.25) is 17.7 Å². The molecule has 3 amide bonds. The fourth-order valence-electron chi connectivity index (χ4n) is 3.80. The number of hydrogen-bond donors (Lipinski definition) is 10. The van der Waals surface area contributed by atoms with Crippen LogP contribution in [-0.4, -0.2) is 93.2 Å². The highest BCUT2D eigenvalue weighted by Crippen LogP contribution is 2.18. The molecule has 0 aliphatic rings. The molecule has 0 saturated carbocycles. The van der Waals surface area contributed by atoms with Crippen LogP contribution in [0.5, 0.6) is 0 Å². The van der Waals surface area contributed by atoms with Gasteiger partial charge in [-0.05, 0) is 30.9 Å². The minimum atomic E-state index is -1.72. The van der Waals surface area contributed by atoms with E-state index in [9.17, 15) is 29.1 Å². The van der Waals surface area contributed by atoms with Crippen molar-refractivity contribution < 1.29 is 39.3 Å². The van der Waals surface area contributed by atoms with E-state index in [1.807, 2.05) is 29.6 Å². The molecule has 0 aliphatic carbocycles. The molecule has 218 valence electrons. The minimum absolute atomic E-state index is 0.00996. The minimum Gasteiger partial charge on any atom is -0.481 e. The van der Waals surface area contributed by atoms with Crippen LogP contribution in [0.15, 0.2) is 35.5 Å². The van der Waals surface area contributed by atoms with Crippen LogP contribution < -0.4 is 33.2 Å². The van der Waals surface area contributed by atoms with E-state index in [0.29, 0.717) is 0 Å². The summed E-state index contributed by atoms with van der Waals surface area (Å²) in [7, 11) is 0. The standard InChI is InChI=1S/C24H34N8O8/c25-14(8-12-10-29-15-5-2-1-4-13(12)15)20(36)30-16(6-3-7-28-24(26)27)21(37)31-17(9-19(34)35)22(38)32-18(11-33)23(39)40/h1-2,4-5,10,14,16-18,29,33H,3,6-9,11,25H2,(H,30,36)(H,31,37)(H,32,38)(H,34,35)(H,39,40)(H4,26,27,28). The number of nitrogens with two attached hydrogens (primary N) is 3. The normalized spacial score (nSPS) is 13.8. The number of nitrogens with one attached hydrogen (secondary N) is 4. The van der Waals surface area contributed by atoms with Gasteiger partial charge >= 0.3 is 11.9 Å². The third-order valence-corrected chi connectivity index (χ3v) is 5.84. The van der Waals surface area contributed by atoms with Gasteiger partial charge in [-0.3, -0.25) is 24.2 Å². The summed E-state index contributed by atoms with van der Waals surface area (Å²) in [5, 5.41) is 35.0. The predicted molar refractivity (Wildman–Crippen MR) is 143 cm³/mol. The highest BCUT2D eigenvalue weighted by molar-refractivity contribution is 5.95. The fraction of sp³-hybridized carbons (Fsp3) is 0.417. The molecule has 16 nitrogen and oxygen atoms in total. The third kappa shape index (κ3) is 9.55. The molecule has 13 N–H and O–H groups in total. The van der Waals surface area contributed by atoms with E-state index in [-0.39, 0.29) is 31.8 Å². The Bertz CT molecular complexity index is 1240. The van der Waals surface area contributed by atoms with Gasteiger partial charge in [-0.1, -0.05) is 18.2 Å². The second-order valence-corrected chi connectivity index (χ2v) is 8.92. The molecule has 0 aliphatic heterocycles. The lowest BCUT2D eigenvalue weighted by Crippen LogP contribution is -2.58. The van der Waals surface area contributed by atoms with Gasteiger partial charge in [0.25, 0.3) is 0 Å². The molecule has 1 heterocycles. The van der Waals surface area contributed by atoms with Gasteiger partial charge in [-0.25, -0.2) is 4.79 Å². The molecule has 16 heteroatoms. The number of carboxylic acid groups (broad SMARTS) is 2. The first-order valence-electron chi connectivity index (χ1n) is 12.3. The summed E-state index contributed by atoms with van der Waals surface area (Å²) in [5.41, 5.74) is 18.4. The number of nitrogens with zero attached hydrogens (tertiary/aromatic N) is 1. The van der Waals surface area contributed by atoms with E-state index < -0.39 is 66.9 Å². The van der Waals surface area contributed by atoms with Gasteiger partial charge in [0.1, 0.15) is 18.1 Å². The maximum Gasteiger partial charge on any atom is 0.328 e. The van der Waals surface area contributed by atoms with Crippen LogP contribution in [0.1, 0.15) is 24.8 Å². The van der Waals surface area contributed by atoms with Gasteiger partial charge in [0.15, 0.2) is 5.96 Å². The number of aliphatic carboxylic acids is 2. The number of rotatable bonds is 16. The summed E-state index contributed by atoms with van der Waals surface area (Å²) in [6.07, 6.45) is 1.17. The molecule has 0 fully saturated rings. The molecule has 1 aromatic heterocycles. The molecular formula is C24H34N8O8. The predicted octanol–water partition coefficient (Wildman–Crippen LogP) is -2.90. The molecule has 1 aromatic carbocycles. The molecule has 4 unspecified atom stereocenters. The number of carbonyl (C=O) groups excluding carboxylic acids is 3. The number of aliphatic imine (C=N–C) groups is 1. The number of aromatic amines is 1. The van der Waals surface area contributed by atoms with Crippen molar-refractivity contribution in [2.75, 3.05) is 13.2 Å². The average Bonchev–Trinajstić information content (AvgIpc) is 3.30. The SMILES string of the molecule is NC(N)=NCCCC(NC(=O)C(N)Cc1c[nH]c2ccccc12)C(=O)NC(CC(=O)O)C(=O)NC(CO)C(=O)O. The van der Waals surface area contributed by atoms with Crippen molar-refractivity contribution in [2.45, 2.75) is 49.9 Å². The second kappa shape index (κ2) is 15.0. The lowest BCUT2D eigenvalue weighted by Gasteiger charge is -2.24. The van der Waals surface area contributed by atoms with E-state index in [4.69, 9.17) is 27.4 Å². The number of aliphatic hydroxyl groups excluding tert-OH is 1. The largest absolute Gasteiger partial charge is 0.481 e. The van der Waals surface area contributed by atoms with Crippen LogP contribution in [-0.2, 0) is 30.4 Å². The Morgan fingerprint density at radius 3 is 2.17 bits per heavy atom. The highest BCUT2D eigenvalue weighted by Gasteiger charge is 2.31. The molecule has 0 radical (unpaired) electrons. The zero-order valence-corrected chi connectivity index (χ0v) is 21.5. The highest BCUT2D eigenvalue weighted by atomic mass is 16.4. The number of H-pyrrole nitrogens is 1. The average molecular weight is 563 g/mol. The smallest absolute Gasteiger partial charge is 0.328 e. The van der Waals surface area contributed by atoms with Gasteiger partial charge < -0.3 is 53.5 Å². The Labute approximate surface area is 228 Å². The molecule has 0 spiro atoms. The van der Waals surface area contributed by atoms with Crippen LogP contribution in [0.25, 0.3) is 10.9 Å². The lowest BCUT2D eigenvalue weighted by molar-refractivity contribution is -0.144. The molecule has 40 heavy (non-hydrogen) atoms. The first-order chi connectivity index (χ1) is 18.9. The van der Waals surface area contributed by atoms with Crippen molar-refractivity contribution in [3.05, 3.63) is 36.0 Å². The summed E-state index contributed by atoms with van der Waals surface area (Å²) in [5.74, 6) is -5.97. The van der Waals surface area contributed by atoms with Gasteiger partial charge in [-0.2, -0.15) is 0 Å². The number of carboxylic acids is 2. The summed E-state index contributed by atoms with van der Waals surface area (Å²) < 4.78 is 0. The number of para-hydroxylation sites is 1. The van der Waals surface area contributed by atoms with Crippen molar-refractivity contribution in [1.82, 2.24) is 20.9 Å². The molecule has 2 rings (SSSR count). The number of hydrogen-bond acceptors (Lipinski definition) is 8. The summed E-state index contributed by atoms with van der Waals surface area (Å²) in [4.78, 5) is 68.0. The van der Waals surface area contributed by atoms with Crippen molar-refractivity contribution in [1.29, 1.82) is 0 Å². The zero-order chi connectivity index (χ0) is 29.8. The van der Waals surface area contributed by atoms with Crippen LogP contribution in [0.4, 0.5) is 0 Å². The molecule has 0 bridgehead atoms. The van der Waals surface area contributed by atoms with Crippen LogP contribution in [0.3, 0.4) is 0 Å². The molecule has 0 saturated heterocycles. The van der Waals surface area contributed by atoms with Gasteiger partial charge in [-0.15, -0.1) is 0 Å². The van der Waals surface area contributed by atoms with Crippen LogP contribution in [0, 0.1) is 0 Å². The maximum atomic E-state index is 13.1. The number of amides is 3. The Hall–Kier alpha value is -4.70. The zero-order valence-electron chi connectivity index (χ0n) is 21.5. The fourth-order valence-corrected chi connectivity index (χ4v) is 3.80. The quantitative estimate of drug-likeness (QED) is 0.0562. The van der Waals surface area contributed by atoms with Gasteiger partial charge in [0, 0.05) is 23.6 Å². The number of fused-ring (bicyclic) bond motifs is 1. The van der Waals surface area contributed by atoms with E-state index in [1.54, 1.807) is 6.20 Å². The molecular weight excluding hydrogens is 528 g/mol. The number of carbonyl (C=O) groups is 5. The first kappa shape index (κ1) is 31.5. The number of benzene rings is 1. The van der Waals surface area contributed by atoms with Crippen molar-refractivity contribution in [2.24, 2.45) is 22.2 Å². The van der Waals surface area contributed by atoms with E-state index >= 15 is 0 Å².